The van der Waals surface area contributed by atoms with Gasteiger partial charge in [-0.15, -0.1) is 0 Å². The zero-order valence-corrected chi connectivity index (χ0v) is 18.6. The predicted molar refractivity (Wildman–Crippen MR) is 120 cm³/mol. The summed E-state index contributed by atoms with van der Waals surface area (Å²) in [6.45, 7) is 9.41. The molecule has 6 heteroatoms. The lowest BCUT2D eigenvalue weighted by Gasteiger charge is -2.37. The number of carbonyl (C=O) groups excluding carboxylic acids is 1. The van der Waals surface area contributed by atoms with Gasteiger partial charge in [0.25, 0.3) is 0 Å². The summed E-state index contributed by atoms with van der Waals surface area (Å²) in [7, 11) is 3.27. The molecular weight excluding hydrogens is 378 g/mol. The van der Waals surface area contributed by atoms with Crippen LogP contribution in [-0.2, 0) is 11.3 Å². The second-order valence-electron chi connectivity index (χ2n) is 7.70. The van der Waals surface area contributed by atoms with Gasteiger partial charge in [-0.05, 0) is 48.9 Å². The molecule has 1 amide bonds. The maximum atomic E-state index is 12.9. The largest absolute Gasteiger partial charge is 0.493 e. The van der Waals surface area contributed by atoms with Crippen LogP contribution in [0.25, 0.3) is 0 Å². The number of methoxy groups -OCH3 is 2. The fraction of sp³-hybridized carbons (Fsp3) is 0.458. The molecule has 1 aliphatic rings. The van der Waals surface area contributed by atoms with E-state index in [1.807, 2.05) is 23.1 Å². The van der Waals surface area contributed by atoms with E-state index < -0.39 is 0 Å². The molecule has 0 aromatic heterocycles. The van der Waals surface area contributed by atoms with Crippen molar-refractivity contribution in [1.82, 2.24) is 9.80 Å². The van der Waals surface area contributed by atoms with Crippen molar-refractivity contribution in [2.24, 2.45) is 0 Å². The number of hydrogen-bond acceptors (Lipinski definition) is 5. The molecule has 0 radical (unpaired) electrons. The third kappa shape index (κ3) is 5.45. The van der Waals surface area contributed by atoms with Crippen LogP contribution in [0.5, 0.6) is 11.5 Å². The van der Waals surface area contributed by atoms with Crippen LogP contribution in [0, 0.1) is 6.92 Å². The van der Waals surface area contributed by atoms with E-state index in [4.69, 9.17) is 9.47 Å². The van der Waals surface area contributed by atoms with Gasteiger partial charge in [-0.2, -0.15) is 0 Å². The first-order valence-corrected chi connectivity index (χ1v) is 10.6. The number of piperazine rings is 1. The molecule has 30 heavy (non-hydrogen) atoms. The fourth-order valence-electron chi connectivity index (χ4n) is 3.85. The van der Waals surface area contributed by atoms with Gasteiger partial charge in [0, 0.05) is 38.4 Å². The number of likely N-dealkylation sites (N-methyl/N-ethyl adjacent to an activating group) is 1. The third-order valence-corrected chi connectivity index (χ3v) is 5.66. The van der Waals surface area contributed by atoms with Crippen LogP contribution >= 0.6 is 0 Å². The van der Waals surface area contributed by atoms with Crippen molar-refractivity contribution < 1.29 is 14.3 Å². The maximum absolute atomic E-state index is 12.9. The van der Waals surface area contributed by atoms with Crippen LogP contribution < -0.4 is 14.4 Å². The number of carbonyl (C=O) groups is 1. The second kappa shape index (κ2) is 10.3. The van der Waals surface area contributed by atoms with E-state index in [9.17, 15) is 4.79 Å². The van der Waals surface area contributed by atoms with Crippen molar-refractivity contribution in [1.29, 1.82) is 0 Å². The van der Waals surface area contributed by atoms with Gasteiger partial charge >= 0.3 is 0 Å². The summed E-state index contributed by atoms with van der Waals surface area (Å²) in [6.07, 6.45) is 0. The molecule has 3 rings (SSSR count). The average Bonchev–Trinajstić information content (AvgIpc) is 2.78. The first kappa shape index (κ1) is 22.0. The summed E-state index contributed by atoms with van der Waals surface area (Å²) >= 11 is 0. The van der Waals surface area contributed by atoms with Crippen molar-refractivity contribution >= 4 is 11.6 Å². The Bertz CT molecular complexity index is 847. The van der Waals surface area contributed by atoms with Crippen molar-refractivity contribution in [3.63, 3.8) is 0 Å². The summed E-state index contributed by atoms with van der Waals surface area (Å²) in [6, 6.07) is 14.5. The van der Waals surface area contributed by atoms with E-state index in [-0.39, 0.29) is 5.91 Å². The molecule has 0 aliphatic carbocycles. The standard InChI is InChI=1S/C24H33N3O3/c1-5-25(17-20-9-10-22(29-3)23(16-20)30-4)18-24(28)27-13-11-26(12-14-27)21-8-6-7-19(2)15-21/h6-10,15-16H,5,11-14,17-18H2,1-4H3. The number of benzene rings is 2. The molecule has 0 atom stereocenters. The Morgan fingerprint density at radius 3 is 2.37 bits per heavy atom. The van der Waals surface area contributed by atoms with E-state index in [0.717, 1.165) is 38.3 Å². The minimum absolute atomic E-state index is 0.196. The highest BCUT2D eigenvalue weighted by Gasteiger charge is 2.23. The lowest BCUT2D eigenvalue weighted by atomic mass is 10.1. The van der Waals surface area contributed by atoms with Gasteiger partial charge in [0.1, 0.15) is 0 Å². The monoisotopic (exact) mass is 411 g/mol. The molecule has 0 N–H and O–H groups in total. The fourth-order valence-corrected chi connectivity index (χ4v) is 3.85. The van der Waals surface area contributed by atoms with Gasteiger partial charge in [0.15, 0.2) is 11.5 Å². The second-order valence-corrected chi connectivity index (χ2v) is 7.70. The smallest absolute Gasteiger partial charge is 0.236 e. The molecule has 0 bridgehead atoms. The van der Waals surface area contributed by atoms with Gasteiger partial charge < -0.3 is 19.3 Å². The van der Waals surface area contributed by atoms with Gasteiger partial charge in [0.05, 0.1) is 20.8 Å². The number of aryl methyl sites for hydroxylation is 1. The summed E-state index contributed by atoms with van der Waals surface area (Å²) < 4.78 is 10.7. The normalized spacial score (nSPS) is 14.2. The number of nitrogens with zero attached hydrogens (tertiary/aromatic N) is 3. The Hall–Kier alpha value is -2.73. The first-order chi connectivity index (χ1) is 14.5. The van der Waals surface area contributed by atoms with Gasteiger partial charge in [-0.3, -0.25) is 9.69 Å². The summed E-state index contributed by atoms with van der Waals surface area (Å²) in [5.41, 5.74) is 3.61. The quantitative estimate of drug-likeness (QED) is 0.668. The molecule has 1 saturated heterocycles. The highest BCUT2D eigenvalue weighted by atomic mass is 16.5. The molecule has 0 saturated carbocycles. The Kier molecular flexibility index (Phi) is 7.57. The van der Waals surface area contributed by atoms with E-state index in [1.54, 1.807) is 14.2 Å². The van der Waals surface area contributed by atoms with Crippen molar-refractivity contribution in [2.45, 2.75) is 20.4 Å². The molecule has 2 aromatic rings. The van der Waals surface area contributed by atoms with Gasteiger partial charge in [-0.1, -0.05) is 25.1 Å². The molecule has 162 valence electrons. The summed E-state index contributed by atoms with van der Waals surface area (Å²) in [5, 5.41) is 0. The molecule has 1 heterocycles. The average molecular weight is 412 g/mol. The van der Waals surface area contributed by atoms with Gasteiger partial charge in [-0.25, -0.2) is 0 Å². The Morgan fingerprint density at radius 1 is 1.00 bits per heavy atom. The third-order valence-electron chi connectivity index (χ3n) is 5.66. The number of anilines is 1. The van der Waals surface area contributed by atoms with Crippen molar-refractivity contribution in [3.05, 3.63) is 53.6 Å². The Morgan fingerprint density at radius 2 is 1.73 bits per heavy atom. The first-order valence-electron chi connectivity index (χ1n) is 10.6. The predicted octanol–water partition coefficient (Wildman–Crippen LogP) is 3.18. The maximum Gasteiger partial charge on any atom is 0.236 e. The van der Waals surface area contributed by atoms with Crippen LogP contribution in [0.4, 0.5) is 5.69 Å². The lowest BCUT2D eigenvalue weighted by Crippen LogP contribution is -2.51. The highest BCUT2D eigenvalue weighted by Crippen LogP contribution is 2.28. The molecule has 1 fully saturated rings. The molecule has 0 spiro atoms. The SMILES string of the molecule is CCN(CC(=O)N1CCN(c2cccc(C)c2)CC1)Cc1ccc(OC)c(OC)c1. The van der Waals surface area contributed by atoms with E-state index in [2.05, 4.69) is 47.9 Å². The number of amides is 1. The Labute approximate surface area is 180 Å². The van der Waals surface area contributed by atoms with Crippen LogP contribution in [-0.4, -0.2) is 69.2 Å². The number of rotatable bonds is 8. The minimum atomic E-state index is 0.196. The number of ether oxygens (including phenoxy) is 2. The van der Waals surface area contributed by atoms with Crippen LogP contribution in [0.2, 0.25) is 0 Å². The van der Waals surface area contributed by atoms with E-state index in [0.29, 0.717) is 24.6 Å². The zero-order valence-electron chi connectivity index (χ0n) is 18.6. The van der Waals surface area contributed by atoms with Gasteiger partial charge in [0.2, 0.25) is 5.91 Å². The summed E-state index contributed by atoms with van der Waals surface area (Å²) in [4.78, 5) is 19.4. The molecule has 0 unspecified atom stereocenters. The highest BCUT2D eigenvalue weighted by molar-refractivity contribution is 5.78. The zero-order chi connectivity index (χ0) is 21.5. The summed E-state index contributed by atoms with van der Waals surface area (Å²) in [5.74, 6) is 1.62. The lowest BCUT2D eigenvalue weighted by molar-refractivity contribution is -0.132. The van der Waals surface area contributed by atoms with E-state index >= 15 is 0 Å². The minimum Gasteiger partial charge on any atom is -0.493 e. The van der Waals surface area contributed by atoms with E-state index in [1.165, 1.54) is 11.3 Å². The topological polar surface area (TPSA) is 45.3 Å². The number of hydrogen-bond donors (Lipinski definition) is 0. The van der Waals surface area contributed by atoms with Crippen LogP contribution in [0.3, 0.4) is 0 Å². The van der Waals surface area contributed by atoms with Crippen LogP contribution in [0.1, 0.15) is 18.1 Å². The van der Waals surface area contributed by atoms with Crippen molar-refractivity contribution in [2.75, 3.05) is 58.4 Å². The van der Waals surface area contributed by atoms with Crippen LogP contribution in [0.15, 0.2) is 42.5 Å². The molecule has 6 nitrogen and oxygen atoms in total. The Balaban J connectivity index is 1.54. The molecular formula is C24H33N3O3. The molecule has 1 aliphatic heterocycles. The molecule has 2 aromatic carbocycles. The van der Waals surface area contributed by atoms with Crippen molar-refractivity contribution in [3.8, 4) is 11.5 Å².